The normalized spacial score (nSPS) is 20.5. The quantitative estimate of drug-likeness (QED) is 0.811. The molecule has 0 spiro atoms. The second-order valence-corrected chi connectivity index (χ2v) is 4.36. The van der Waals surface area contributed by atoms with Crippen molar-refractivity contribution in [3.8, 4) is 0 Å². The second-order valence-electron chi connectivity index (χ2n) is 3.55. The summed E-state index contributed by atoms with van der Waals surface area (Å²) >= 11 is 3.27. The third-order valence-electron chi connectivity index (χ3n) is 2.29. The van der Waals surface area contributed by atoms with Gasteiger partial charge in [-0.15, -0.1) is 0 Å². The van der Waals surface area contributed by atoms with Crippen molar-refractivity contribution in [2.45, 2.75) is 6.42 Å². The number of hydrogen-bond acceptors (Lipinski definition) is 5. The summed E-state index contributed by atoms with van der Waals surface area (Å²) in [4.78, 5) is 8.25. The summed E-state index contributed by atoms with van der Waals surface area (Å²) in [6, 6.07) is 1.67. The molecular formula is C9H13BrN4O. The van der Waals surface area contributed by atoms with E-state index in [1.807, 2.05) is 0 Å². The van der Waals surface area contributed by atoms with Gasteiger partial charge in [0.1, 0.15) is 10.4 Å². The fourth-order valence-corrected chi connectivity index (χ4v) is 1.90. The van der Waals surface area contributed by atoms with Gasteiger partial charge in [0.25, 0.3) is 0 Å². The summed E-state index contributed by atoms with van der Waals surface area (Å²) in [5.41, 5.74) is 5.60. The Morgan fingerprint density at radius 1 is 1.60 bits per heavy atom. The first-order valence-corrected chi connectivity index (χ1v) is 5.65. The molecule has 6 heteroatoms. The minimum absolute atomic E-state index is 0.460. The molecule has 0 aliphatic carbocycles. The van der Waals surface area contributed by atoms with E-state index in [0.29, 0.717) is 22.3 Å². The van der Waals surface area contributed by atoms with Crippen LogP contribution in [0, 0.1) is 5.92 Å². The largest absolute Gasteiger partial charge is 0.383 e. The Bertz CT molecular complexity index is 321. The highest BCUT2D eigenvalue weighted by atomic mass is 79.9. The van der Waals surface area contributed by atoms with Crippen molar-refractivity contribution in [3.63, 3.8) is 0 Å². The van der Waals surface area contributed by atoms with E-state index in [1.54, 1.807) is 6.07 Å². The maximum Gasteiger partial charge on any atom is 0.225 e. The van der Waals surface area contributed by atoms with Gasteiger partial charge in [-0.1, -0.05) is 0 Å². The number of nitrogens with two attached hydrogens (primary N) is 1. The van der Waals surface area contributed by atoms with Gasteiger partial charge in [-0.05, 0) is 22.4 Å². The van der Waals surface area contributed by atoms with Crippen LogP contribution in [0.3, 0.4) is 0 Å². The number of halogens is 1. The Hall–Kier alpha value is -0.880. The number of rotatable bonds is 3. The minimum Gasteiger partial charge on any atom is -0.383 e. The predicted octanol–water partition coefficient (Wildman–Crippen LogP) is 1.27. The molecule has 1 saturated heterocycles. The topological polar surface area (TPSA) is 73.1 Å². The fourth-order valence-electron chi connectivity index (χ4n) is 1.49. The highest BCUT2D eigenvalue weighted by Crippen LogP contribution is 2.15. The van der Waals surface area contributed by atoms with Crippen molar-refractivity contribution in [3.05, 3.63) is 10.7 Å². The predicted molar refractivity (Wildman–Crippen MR) is 61.6 cm³/mol. The lowest BCUT2D eigenvalue weighted by atomic mass is 10.1. The SMILES string of the molecule is Nc1cc(Br)nc(NCC2CCOC2)n1. The number of anilines is 2. The van der Waals surface area contributed by atoms with Gasteiger partial charge in [0.05, 0.1) is 6.61 Å². The lowest BCUT2D eigenvalue weighted by molar-refractivity contribution is 0.187. The molecule has 0 bridgehead atoms. The van der Waals surface area contributed by atoms with E-state index in [0.717, 1.165) is 26.2 Å². The molecule has 0 amide bonds. The van der Waals surface area contributed by atoms with Crippen molar-refractivity contribution < 1.29 is 4.74 Å². The van der Waals surface area contributed by atoms with E-state index in [1.165, 1.54) is 0 Å². The Labute approximate surface area is 96.6 Å². The molecule has 15 heavy (non-hydrogen) atoms. The molecule has 82 valence electrons. The van der Waals surface area contributed by atoms with Crippen LogP contribution >= 0.6 is 15.9 Å². The lowest BCUT2D eigenvalue weighted by Gasteiger charge is -2.09. The van der Waals surface area contributed by atoms with Gasteiger partial charge in [-0.25, -0.2) is 4.98 Å². The summed E-state index contributed by atoms with van der Waals surface area (Å²) in [7, 11) is 0. The Morgan fingerprint density at radius 3 is 3.13 bits per heavy atom. The van der Waals surface area contributed by atoms with Crippen molar-refractivity contribution >= 4 is 27.7 Å². The van der Waals surface area contributed by atoms with E-state index >= 15 is 0 Å². The van der Waals surface area contributed by atoms with E-state index in [4.69, 9.17) is 10.5 Å². The average molecular weight is 273 g/mol. The molecule has 1 atom stereocenters. The van der Waals surface area contributed by atoms with Crippen LogP contribution in [0.2, 0.25) is 0 Å². The molecule has 5 nitrogen and oxygen atoms in total. The molecule has 1 fully saturated rings. The van der Waals surface area contributed by atoms with E-state index in [9.17, 15) is 0 Å². The van der Waals surface area contributed by atoms with Crippen LogP contribution in [0.1, 0.15) is 6.42 Å². The van der Waals surface area contributed by atoms with Gasteiger partial charge < -0.3 is 15.8 Å². The van der Waals surface area contributed by atoms with Gasteiger partial charge in [-0.2, -0.15) is 4.98 Å². The molecule has 1 aliphatic rings. The van der Waals surface area contributed by atoms with Crippen LogP contribution in [0.4, 0.5) is 11.8 Å². The summed E-state index contributed by atoms with van der Waals surface area (Å²) < 4.78 is 5.97. The second kappa shape index (κ2) is 4.76. The Morgan fingerprint density at radius 2 is 2.47 bits per heavy atom. The first-order valence-electron chi connectivity index (χ1n) is 4.86. The zero-order chi connectivity index (χ0) is 10.7. The van der Waals surface area contributed by atoms with Crippen molar-refractivity contribution in [2.75, 3.05) is 30.8 Å². The molecule has 1 aliphatic heterocycles. The number of aromatic nitrogens is 2. The van der Waals surface area contributed by atoms with Gasteiger partial charge in [0, 0.05) is 25.1 Å². The molecule has 0 saturated carbocycles. The lowest BCUT2D eigenvalue weighted by Crippen LogP contribution is -2.16. The third-order valence-corrected chi connectivity index (χ3v) is 2.69. The van der Waals surface area contributed by atoms with E-state index in [-0.39, 0.29) is 0 Å². The van der Waals surface area contributed by atoms with Crippen LogP contribution in [0.5, 0.6) is 0 Å². The zero-order valence-electron chi connectivity index (χ0n) is 8.24. The van der Waals surface area contributed by atoms with Crippen molar-refractivity contribution in [1.82, 2.24) is 9.97 Å². The average Bonchev–Trinajstić information content (AvgIpc) is 2.65. The van der Waals surface area contributed by atoms with Gasteiger partial charge in [-0.3, -0.25) is 0 Å². The van der Waals surface area contributed by atoms with Crippen molar-refractivity contribution in [2.24, 2.45) is 5.92 Å². The first-order chi connectivity index (χ1) is 7.24. The van der Waals surface area contributed by atoms with Crippen LogP contribution in [-0.2, 0) is 4.74 Å². The molecule has 1 aromatic heterocycles. The Balaban J connectivity index is 1.92. The third kappa shape index (κ3) is 3.04. The number of ether oxygens (including phenoxy) is 1. The number of hydrogen-bond donors (Lipinski definition) is 2. The van der Waals surface area contributed by atoms with Crippen LogP contribution < -0.4 is 11.1 Å². The van der Waals surface area contributed by atoms with E-state index < -0.39 is 0 Å². The maximum atomic E-state index is 5.60. The monoisotopic (exact) mass is 272 g/mol. The number of nitrogens with zero attached hydrogens (tertiary/aromatic N) is 2. The highest BCUT2D eigenvalue weighted by molar-refractivity contribution is 9.10. The number of nitrogen functional groups attached to an aromatic ring is 1. The molecule has 3 N–H and O–H groups in total. The smallest absolute Gasteiger partial charge is 0.225 e. The van der Waals surface area contributed by atoms with Gasteiger partial charge in [0.15, 0.2) is 0 Å². The van der Waals surface area contributed by atoms with E-state index in [2.05, 4.69) is 31.2 Å². The van der Waals surface area contributed by atoms with Crippen molar-refractivity contribution in [1.29, 1.82) is 0 Å². The Kier molecular flexibility index (Phi) is 3.37. The summed E-state index contributed by atoms with van der Waals surface area (Å²) in [6.45, 7) is 2.50. The molecule has 1 aromatic rings. The molecule has 2 rings (SSSR count). The van der Waals surface area contributed by atoms with Gasteiger partial charge in [0.2, 0.25) is 5.95 Å². The fraction of sp³-hybridized carbons (Fsp3) is 0.556. The van der Waals surface area contributed by atoms with Crippen LogP contribution in [-0.4, -0.2) is 29.7 Å². The minimum atomic E-state index is 0.460. The maximum absolute atomic E-state index is 5.60. The molecule has 0 aromatic carbocycles. The summed E-state index contributed by atoms with van der Waals surface area (Å²) in [5.74, 6) is 1.57. The molecule has 2 heterocycles. The zero-order valence-corrected chi connectivity index (χ0v) is 9.83. The standard InChI is InChI=1S/C9H13BrN4O/c10-7-3-8(11)14-9(13-7)12-4-6-1-2-15-5-6/h3,6H,1-2,4-5H2,(H3,11,12,13,14). The van der Waals surface area contributed by atoms with Crippen LogP contribution in [0.15, 0.2) is 10.7 Å². The number of nitrogens with one attached hydrogen (secondary N) is 1. The molecule has 0 radical (unpaired) electrons. The van der Waals surface area contributed by atoms with Gasteiger partial charge >= 0.3 is 0 Å². The molecule has 1 unspecified atom stereocenters. The summed E-state index contributed by atoms with van der Waals surface area (Å²) in [5, 5.41) is 3.16. The molecular weight excluding hydrogens is 260 g/mol. The van der Waals surface area contributed by atoms with Crippen LogP contribution in [0.25, 0.3) is 0 Å². The highest BCUT2D eigenvalue weighted by Gasteiger charge is 2.15. The summed E-state index contributed by atoms with van der Waals surface area (Å²) in [6.07, 6.45) is 1.09. The first kappa shape index (κ1) is 10.6.